The second-order valence-corrected chi connectivity index (χ2v) is 4.60. The van der Waals surface area contributed by atoms with Crippen molar-refractivity contribution < 1.29 is 0 Å². The molecular weight excluding hydrogens is 252 g/mol. The van der Waals surface area contributed by atoms with Crippen LogP contribution in [-0.4, -0.2) is 4.98 Å². The lowest BCUT2D eigenvalue weighted by molar-refractivity contribution is 1.13. The SMILES string of the molecule is CCc1cc2cc(Br)cc(C)c2nc1N. The number of anilines is 1. The van der Waals surface area contributed by atoms with E-state index in [0.29, 0.717) is 5.82 Å². The minimum atomic E-state index is 0.649. The number of nitrogen functional groups attached to an aromatic ring is 1. The molecule has 1 aromatic heterocycles. The van der Waals surface area contributed by atoms with Crippen LogP contribution in [0, 0.1) is 6.92 Å². The first kappa shape index (κ1) is 10.4. The van der Waals surface area contributed by atoms with Gasteiger partial charge in [0.1, 0.15) is 5.82 Å². The molecule has 1 heterocycles. The molecule has 0 radical (unpaired) electrons. The summed E-state index contributed by atoms with van der Waals surface area (Å²) >= 11 is 3.49. The van der Waals surface area contributed by atoms with E-state index in [4.69, 9.17) is 5.73 Å². The number of nitrogens with zero attached hydrogens (tertiary/aromatic N) is 1. The van der Waals surface area contributed by atoms with Crippen molar-refractivity contribution in [1.29, 1.82) is 0 Å². The molecule has 2 aromatic rings. The summed E-state index contributed by atoms with van der Waals surface area (Å²) in [5.41, 5.74) is 9.13. The maximum atomic E-state index is 5.88. The quantitative estimate of drug-likeness (QED) is 0.857. The number of rotatable bonds is 1. The Labute approximate surface area is 97.6 Å². The predicted molar refractivity (Wildman–Crippen MR) is 68.0 cm³/mol. The summed E-state index contributed by atoms with van der Waals surface area (Å²) in [5.74, 6) is 0.649. The molecule has 0 aliphatic rings. The highest BCUT2D eigenvalue weighted by molar-refractivity contribution is 9.10. The number of benzene rings is 1. The molecule has 0 aliphatic carbocycles. The molecular formula is C12H13BrN2. The fraction of sp³-hybridized carbons (Fsp3) is 0.250. The summed E-state index contributed by atoms with van der Waals surface area (Å²) in [4.78, 5) is 4.44. The van der Waals surface area contributed by atoms with E-state index in [-0.39, 0.29) is 0 Å². The van der Waals surface area contributed by atoms with Crippen LogP contribution >= 0.6 is 15.9 Å². The minimum Gasteiger partial charge on any atom is -0.383 e. The Morgan fingerprint density at radius 2 is 2.07 bits per heavy atom. The Bertz CT molecular complexity index is 521. The van der Waals surface area contributed by atoms with Crippen molar-refractivity contribution in [1.82, 2.24) is 4.98 Å². The third kappa shape index (κ3) is 1.84. The van der Waals surface area contributed by atoms with E-state index in [1.807, 2.05) is 6.92 Å². The van der Waals surface area contributed by atoms with Crippen LogP contribution in [0.15, 0.2) is 22.7 Å². The van der Waals surface area contributed by atoms with Gasteiger partial charge in [-0.2, -0.15) is 0 Å². The van der Waals surface area contributed by atoms with E-state index in [9.17, 15) is 0 Å². The van der Waals surface area contributed by atoms with Crippen molar-refractivity contribution >= 4 is 32.7 Å². The standard InChI is InChI=1S/C12H13BrN2/c1-3-8-5-9-6-10(13)4-7(2)11(9)15-12(8)14/h4-6H,3H2,1-2H3,(H2,14,15). The zero-order valence-corrected chi connectivity index (χ0v) is 10.4. The second-order valence-electron chi connectivity index (χ2n) is 3.68. The summed E-state index contributed by atoms with van der Waals surface area (Å²) in [6.45, 7) is 4.13. The molecule has 0 amide bonds. The lowest BCUT2D eigenvalue weighted by Crippen LogP contribution is -1.98. The van der Waals surface area contributed by atoms with E-state index in [1.165, 1.54) is 0 Å². The van der Waals surface area contributed by atoms with Gasteiger partial charge in [-0.05, 0) is 42.7 Å². The molecule has 3 heteroatoms. The number of hydrogen-bond donors (Lipinski definition) is 1. The van der Waals surface area contributed by atoms with Gasteiger partial charge in [-0.25, -0.2) is 4.98 Å². The van der Waals surface area contributed by atoms with Crippen LogP contribution in [-0.2, 0) is 6.42 Å². The van der Waals surface area contributed by atoms with Crippen molar-refractivity contribution in [2.24, 2.45) is 0 Å². The highest BCUT2D eigenvalue weighted by atomic mass is 79.9. The molecule has 2 nitrogen and oxygen atoms in total. The van der Waals surface area contributed by atoms with Crippen LogP contribution in [0.5, 0.6) is 0 Å². The van der Waals surface area contributed by atoms with Crippen LogP contribution in [0.3, 0.4) is 0 Å². The summed E-state index contributed by atoms with van der Waals surface area (Å²) in [5, 5.41) is 1.15. The van der Waals surface area contributed by atoms with Gasteiger partial charge in [-0.15, -0.1) is 0 Å². The summed E-state index contributed by atoms with van der Waals surface area (Å²) in [7, 11) is 0. The van der Waals surface area contributed by atoms with Gasteiger partial charge in [0.05, 0.1) is 5.52 Å². The van der Waals surface area contributed by atoms with E-state index in [1.54, 1.807) is 0 Å². The van der Waals surface area contributed by atoms with Gasteiger partial charge < -0.3 is 5.73 Å². The van der Waals surface area contributed by atoms with Crippen LogP contribution in [0.4, 0.5) is 5.82 Å². The van der Waals surface area contributed by atoms with Crippen molar-refractivity contribution in [3.63, 3.8) is 0 Å². The molecule has 0 spiro atoms. The monoisotopic (exact) mass is 264 g/mol. The first-order valence-electron chi connectivity index (χ1n) is 4.97. The molecule has 15 heavy (non-hydrogen) atoms. The highest BCUT2D eigenvalue weighted by Gasteiger charge is 2.05. The van der Waals surface area contributed by atoms with Gasteiger partial charge in [-0.1, -0.05) is 22.9 Å². The van der Waals surface area contributed by atoms with Gasteiger partial charge in [0.2, 0.25) is 0 Å². The van der Waals surface area contributed by atoms with E-state index >= 15 is 0 Å². The second kappa shape index (κ2) is 3.81. The Kier molecular flexibility index (Phi) is 2.65. The third-order valence-electron chi connectivity index (χ3n) is 2.57. The molecule has 0 fully saturated rings. The molecule has 0 saturated carbocycles. The first-order chi connectivity index (χ1) is 7.11. The van der Waals surface area contributed by atoms with Gasteiger partial charge in [0.25, 0.3) is 0 Å². The number of nitrogens with two attached hydrogens (primary N) is 1. The van der Waals surface area contributed by atoms with Crippen LogP contribution in [0.25, 0.3) is 10.9 Å². The lowest BCUT2D eigenvalue weighted by Gasteiger charge is -2.07. The first-order valence-corrected chi connectivity index (χ1v) is 5.76. The third-order valence-corrected chi connectivity index (χ3v) is 3.02. The molecule has 1 aromatic carbocycles. The average molecular weight is 265 g/mol. The van der Waals surface area contributed by atoms with Crippen molar-refractivity contribution in [2.45, 2.75) is 20.3 Å². The topological polar surface area (TPSA) is 38.9 Å². The van der Waals surface area contributed by atoms with Crippen molar-refractivity contribution in [2.75, 3.05) is 5.73 Å². The van der Waals surface area contributed by atoms with Crippen LogP contribution < -0.4 is 5.73 Å². The number of fused-ring (bicyclic) bond motifs is 1. The summed E-state index contributed by atoms with van der Waals surface area (Å²) in [6.07, 6.45) is 0.917. The Hall–Kier alpha value is -1.09. The van der Waals surface area contributed by atoms with Gasteiger partial charge in [0, 0.05) is 9.86 Å². The Morgan fingerprint density at radius 3 is 2.73 bits per heavy atom. The van der Waals surface area contributed by atoms with E-state index in [2.05, 4.69) is 46.0 Å². The number of hydrogen-bond acceptors (Lipinski definition) is 2. The fourth-order valence-electron chi connectivity index (χ4n) is 1.76. The predicted octanol–water partition coefficient (Wildman–Crippen LogP) is 3.45. The van der Waals surface area contributed by atoms with Gasteiger partial charge in [-0.3, -0.25) is 0 Å². The largest absolute Gasteiger partial charge is 0.383 e. The summed E-state index contributed by atoms with van der Waals surface area (Å²) < 4.78 is 1.08. The lowest BCUT2D eigenvalue weighted by atomic mass is 10.1. The molecule has 0 aliphatic heterocycles. The van der Waals surface area contributed by atoms with Crippen LogP contribution in [0.1, 0.15) is 18.1 Å². The maximum absolute atomic E-state index is 5.88. The van der Waals surface area contributed by atoms with E-state index < -0.39 is 0 Å². The molecule has 2 N–H and O–H groups in total. The zero-order chi connectivity index (χ0) is 11.0. The van der Waals surface area contributed by atoms with Gasteiger partial charge >= 0.3 is 0 Å². The normalized spacial score (nSPS) is 10.9. The zero-order valence-electron chi connectivity index (χ0n) is 8.84. The molecule has 0 unspecified atom stereocenters. The highest BCUT2D eigenvalue weighted by Crippen LogP contribution is 2.25. The molecule has 0 bridgehead atoms. The number of aromatic nitrogens is 1. The van der Waals surface area contributed by atoms with Crippen molar-refractivity contribution in [3.05, 3.63) is 33.8 Å². The Balaban J connectivity index is 2.81. The van der Waals surface area contributed by atoms with E-state index in [0.717, 1.165) is 32.9 Å². The number of halogens is 1. The minimum absolute atomic E-state index is 0.649. The maximum Gasteiger partial charge on any atom is 0.127 e. The molecule has 2 rings (SSSR count). The number of aryl methyl sites for hydroxylation is 2. The van der Waals surface area contributed by atoms with Crippen LogP contribution in [0.2, 0.25) is 0 Å². The summed E-state index contributed by atoms with van der Waals surface area (Å²) in [6, 6.07) is 6.25. The fourth-order valence-corrected chi connectivity index (χ4v) is 2.35. The molecule has 0 saturated heterocycles. The van der Waals surface area contributed by atoms with Gasteiger partial charge in [0.15, 0.2) is 0 Å². The van der Waals surface area contributed by atoms with Crippen molar-refractivity contribution in [3.8, 4) is 0 Å². The Morgan fingerprint density at radius 1 is 1.33 bits per heavy atom. The molecule has 0 atom stereocenters. The molecule has 78 valence electrons. The smallest absolute Gasteiger partial charge is 0.127 e. The average Bonchev–Trinajstić information content (AvgIpc) is 2.18. The number of pyridine rings is 1.